The van der Waals surface area contributed by atoms with Crippen molar-refractivity contribution in [3.8, 4) is 0 Å². The Kier molecular flexibility index (Phi) is 1.76. The van der Waals surface area contributed by atoms with Crippen molar-refractivity contribution >= 4 is 11.6 Å². The molecular formula is C7H9N3O. The summed E-state index contributed by atoms with van der Waals surface area (Å²) < 4.78 is 0. The number of hydrogen-bond acceptors (Lipinski definition) is 3. The zero-order chi connectivity index (χ0) is 8.43. The Morgan fingerprint density at radius 2 is 2.27 bits per heavy atom. The van der Waals surface area contributed by atoms with Crippen LogP contribution in [0.25, 0.3) is 0 Å². The van der Waals surface area contributed by atoms with Crippen molar-refractivity contribution in [3.63, 3.8) is 0 Å². The highest BCUT2D eigenvalue weighted by Crippen LogP contribution is 2.08. The molecule has 4 N–H and O–H groups in total. The van der Waals surface area contributed by atoms with E-state index in [-0.39, 0.29) is 5.69 Å². The highest BCUT2D eigenvalue weighted by molar-refractivity contribution is 5.95. The number of hydrogen-bond donors (Lipinski definition) is 2. The van der Waals surface area contributed by atoms with Gasteiger partial charge in [0.15, 0.2) is 5.69 Å². The van der Waals surface area contributed by atoms with E-state index in [9.17, 15) is 4.79 Å². The number of nitrogens with two attached hydrogens (primary N) is 2. The van der Waals surface area contributed by atoms with Gasteiger partial charge in [-0.05, 0) is 18.6 Å². The first-order chi connectivity index (χ1) is 5.11. The second kappa shape index (κ2) is 2.57. The quantitative estimate of drug-likeness (QED) is 0.595. The summed E-state index contributed by atoms with van der Waals surface area (Å²) in [6.07, 6.45) is 1.55. The third-order valence-corrected chi connectivity index (χ3v) is 1.29. The van der Waals surface area contributed by atoms with E-state index in [2.05, 4.69) is 4.98 Å². The monoisotopic (exact) mass is 151 g/mol. The number of nitrogen functional groups attached to an aromatic ring is 1. The topological polar surface area (TPSA) is 82.0 Å². The van der Waals surface area contributed by atoms with Crippen LogP contribution in [0.4, 0.5) is 5.69 Å². The Bertz CT molecular complexity index is 296. The Hall–Kier alpha value is -1.58. The molecule has 0 radical (unpaired) electrons. The zero-order valence-electron chi connectivity index (χ0n) is 6.16. The van der Waals surface area contributed by atoms with Gasteiger partial charge in [0.1, 0.15) is 0 Å². The molecule has 0 aliphatic heterocycles. The molecule has 0 bridgehead atoms. The van der Waals surface area contributed by atoms with Gasteiger partial charge < -0.3 is 11.5 Å². The maximum absolute atomic E-state index is 10.6. The predicted molar refractivity (Wildman–Crippen MR) is 41.9 cm³/mol. The number of nitrogens with zero attached hydrogens (tertiary/aromatic N) is 1. The minimum Gasteiger partial charge on any atom is -0.397 e. The molecule has 0 saturated heterocycles. The molecule has 0 spiro atoms. The molecule has 4 nitrogen and oxygen atoms in total. The molecule has 0 aromatic carbocycles. The fraction of sp³-hybridized carbons (Fsp3) is 0.143. The van der Waals surface area contributed by atoms with Gasteiger partial charge in [-0.1, -0.05) is 0 Å². The lowest BCUT2D eigenvalue weighted by molar-refractivity contribution is 0.0996. The molecule has 1 aromatic rings. The van der Waals surface area contributed by atoms with E-state index in [1.807, 2.05) is 6.92 Å². The number of aromatic nitrogens is 1. The van der Waals surface area contributed by atoms with Crippen molar-refractivity contribution < 1.29 is 4.79 Å². The number of primary amides is 1. The highest BCUT2D eigenvalue weighted by Gasteiger charge is 2.05. The van der Waals surface area contributed by atoms with E-state index in [1.54, 1.807) is 12.3 Å². The van der Waals surface area contributed by atoms with Gasteiger partial charge >= 0.3 is 0 Å². The van der Waals surface area contributed by atoms with Crippen LogP contribution in [0.1, 0.15) is 16.1 Å². The van der Waals surface area contributed by atoms with Crippen LogP contribution in [0, 0.1) is 6.92 Å². The molecular weight excluding hydrogens is 142 g/mol. The van der Waals surface area contributed by atoms with Crippen LogP contribution < -0.4 is 11.5 Å². The lowest BCUT2D eigenvalue weighted by atomic mass is 10.2. The molecule has 0 aliphatic carbocycles. The number of rotatable bonds is 1. The third kappa shape index (κ3) is 1.46. The lowest BCUT2D eigenvalue weighted by Crippen LogP contribution is -2.15. The van der Waals surface area contributed by atoms with Gasteiger partial charge in [0.25, 0.3) is 5.91 Å². The van der Waals surface area contributed by atoms with E-state index in [0.29, 0.717) is 5.69 Å². The summed E-state index contributed by atoms with van der Waals surface area (Å²) in [5.41, 5.74) is 11.8. The molecule has 1 aromatic heterocycles. The Morgan fingerprint density at radius 1 is 1.64 bits per heavy atom. The van der Waals surface area contributed by atoms with Gasteiger partial charge in [-0.15, -0.1) is 0 Å². The Morgan fingerprint density at radius 3 is 2.73 bits per heavy atom. The SMILES string of the molecule is Cc1cnc(C(N)=O)c(N)c1. The number of aryl methyl sites for hydroxylation is 1. The smallest absolute Gasteiger partial charge is 0.269 e. The normalized spacial score (nSPS) is 9.55. The summed E-state index contributed by atoms with van der Waals surface area (Å²) >= 11 is 0. The molecule has 0 saturated carbocycles. The largest absolute Gasteiger partial charge is 0.397 e. The van der Waals surface area contributed by atoms with Crippen LogP contribution in [0.2, 0.25) is 0 Å². The van der Waals surface area contributed by atoms with Crippen LogP contribution in [-0.2, 0) is 0 Å². The highest BCUT2D eigenvalue weighted by atomic mass is 16.1. The Labute approximate surface area is 64.2 Å². The zero-order valence-corrected chi connectivity index (χ0v) is 6.16. The first-order valence-corrected chi connectivity index (χ1v) is 3.13. The number of carbonyl (C=O) groups is 1. The van der Waals surface area contributed by atoms with Crippen molar-refractivity contribution in [1.82, 2.24) is 4.98 Å². The maximum atomic E-state index is 10.6. The molecule has 1 rings (SSSR count). The van der Waals surface area contributed by atoms with E-state index >= 15 is 0 Å². The number of pyridine rings is 1. The van der Waals surface area contributed by atoms with Crippen LogP contribution >= 0.6 is 0 Å². The lowest BCUT2D eigenvalue weighted by Gasteiger charge is -1.99. The second-order valence-electron chi connectivity index (χ2n) is 2.31. The van der Waals surface area contributed by atoms with Crippen molar-refractivity contribution in [1.29, 1.82) is 0 Å². The molecule has 0 unspecified atom stereocenters. The van der Waals surface area contributed by atoms with Gasteiger partial charge in [0.2, 0.25) is 0 Å². The van der Waals surface area contributed by atoms with E-state index in [1.165, 1.54) is 0 Å². The molecule has 4 heteroatoms. The second-order valence-corrected chi connectivity index (χ2v) is 2.31. The molecule has 1 heterocycles. The predicted octanol–water partition coefficient (Wildman–Crippen LogP) is 0.0711. The fourth-order valence-electron chi connectivity index (χ4n) is 0.798. The standard InChI is InChI=1S/C7H9N3O/c1-4-2-5(8)6(7(9)11)10-3-4/h2-3H,8H2,1H3,(H2,9,11). The first kappa shape index (κ1) is 7.53. The number of anilines is 1. The van der Waals surface area contributed by atoms with E-state index in [4.69, 9.17) is 11.5 Å². The summed E-state index contributed by atoms with van der Waals surface area (Å²) in [6, 6.07) is 1.66. The number of amides is 1. The van der Waals surface area contributed by atoms with Gasteiger partial charge in [0, 0.05) is 6.20 Å². The van der Waals surface area contributed by atoms with Crippen molar-refractivity contribution in [2.24, 2.45) is 5.73 Å². The molecule has 0 aliphatic rings. The van der Waals surface area contributed by atoms with Gasteiger partial charge in [0.05, 0.1) is 5.69 Å². The van der Waals surface area contributed by atoms with Crippen molar-refractivity contribution in [3.05, 3.63) is 23.5 Å². The average Bonchev–Trinajstić information content (AvgIpc) is 1.85. The minimum absolute atomic E-state index is 0.135. The van der Waals surface area contributed by atoms with Crippen LogP contribution in [0.3, 0.4) is 0 Å². The van der Waals surface area contributed by atoms with Crippen LogP contribution in [-0.4, -0.2) is 10.9 Å². The summed E-state index contributed by atoms with van der Waals surface area (Å²) in [4.78, 5) is 14.4. The van der Waals surface area contributed by atoms with Crippen molar-refractivity contribution in [2.45, 2.75) is 6.92 Å². The first-order valence-electron chi connectivity index (χ1n) is 3.13. The summed E-state index contributed by atoms with van der Waals surface area (Å²) in [7, 11) is 0. The Balaban J connectivity index is 3.20. The van der Waals surface area contributed by atoms with Gasteiger partial charge in [-0.2, -0.15) is 0 Å². The average molecular weight is 151 g/mol. The van der Waals surface area contributed by atoms with Crippen molar-refractivity contribution in [2.75, 3.05) is 5.73 Å². The van der Waals surface area contributed by atoms with Gasteiger partial charge in [-0.3, -0.25) is 4.79 Å². The van der Waals surface area contributed by atoms with E-state index in [0.717, 1.165) is 5.56 Å². The van der Waals surface area contributed by atoms with Crippen LogP contribution in [0.5, 0.6) is 0 Å². The molecule has 1 amide bonds. The van der Waals surface area contributed by atoms with Gasteiger partial charge in [-0.25, -0.2) is 4.98 Å². The molecule has 58 valence electrons. The summed E-state index contributed by atoms with van der Waals surface area (Å²) in [6.45, 7) is 1.84. The number of carbonyl (C=O) groups excluding carboxylic acids is 1. The molecule has 0 atom stereocenters. The summed E-state index contributed by atoms with van der Waals surface area (Å²) in [5.74, 6) is -0.595. The fourth-order valence-corrected chi connectivity index (χ4v) is 0.798. The molecule has 11 heavy (non-hydrogen) atoms. The summed E-state index contributed by atoms with van der Waals surface area (Å²) in [5, 5.41) is 0. The minimum atomic E-state index is -0.595. The third-order valence-electron chi connectivity index (χ3n) is 1.29. The van der Waals surface area contributed by atoms with Crippen LogP contribution in [0.15, 0.2) is 12.3 Å². The van der Waals surface area contributed by atoms with E-state index < -0.39 is 5.91 Å². The molecule has 0 fully saturated rings. The maximum Gasteiger partial charge on any atom is 0.269 e.